The Hall–Kier alpha value is -0.0235. The van der Waals surface area contributed by atoms with Crippen LogP contribution in [0.25, 0.3) is 0 Å². The molecule has 3 heteroatoms. The van der Waals surface area contributed by atoms with E-state index in [1.54, 1.807) is 0 Å². The van der Waals surface area contributed by atoms with Crippen LogP contribution in [0.15, 0.2) is 0 Å². The number of carbonyl (C=O) groups excluding carboxylic acids is 1. The Labute approximate surface area is 65.6 Å². The number of nitrogens with one attached hydrogen (secondary N) is 1. The predicted molar refractivity (Wildman–Crippen MR) is 31.5 cm³/mol. The van der Waals surface area contributed by atoms with Crippen LogP contribution in [0.3, 0.4) is 0 Å². The average Bonchev–Trinajstić information content (AvgIpc) is 1.94. The zero-order chi connectivity index (χ0) is 5.82. The molecule has 1 fully saturated rings. The molecule has 0 bridgehead atoms. The summed E-state index contributed by atoms with van der Waals surface area (Å²) in [5.41, 5.74) is 0. The first-order valence-electron chi connectivity index (χ1n) is 3.16. The van der Waals surface area contributed by atoms with Crippen LogP contribution in [-0.4, -0.2) is 12.5 Å². The van der Waals surface area contributed by atoms with Gasteiger partial charge in [-0.1, -0.05) is 6.42 Å². The third-order valence-electron chi connectivity index (χ3n) is 1.40. The molecule has 0 atom stereocenters. The first kappa shape index (κ1) is 8.98. The summed E-state index contributed by atoms with van der Waals surface area (Å²) < 4.78 is 0. The molecule has 1 aliphatic rings. The van der Waals surface area contributed by atoms with Crippen LogP contribution in [0.5, 0.6) is 0 Å². The van der Waals surface area contributed by atoms with Gasteiger partial charge < -0.3 is 5.32 Å². The van der Waals surface area contributed by atoms with Crippen LogP contribution in [0, 0.1) is 0 Å². The third kappa shape index (κ3) is 3.54. The van der Waals surface area contributed by atoms with Crippen molar-refractivity contribution in [3.05, 3.63) is 0 Å². The van der Waals surface area contributed by atoms with Gasteiger partial charge in [-0.25, -0.2) is 0 Å². The molecule has 0 aliphatic carbocycles. The summed E-state index contributed by atoms with van der Waals surface area (Å²) in [6.07, 6.45) is 4.18. The summed E-state index contributed by atoms with van der Waals surface area (Å²) in [4.78, 5) is 10.6. The van der Waals surface area contributed by atoms with Crippen LogP contribution >= 0.6 is 0 Å². The molecule has 0 unspecified atom stereocenters. The molecule has 1 N–H and O–H groups in total. The number of hydrogen-bond acceptors (Lipinski definition) is 1. The maximum Gasteiger partial charge on any atom is 0.219 e. The predicted octanol–water partition coefficient (Wildman–Crippen LogP) is 0.674. The van der Waals surface area contributed by atoms with E-state index in [-0.39, 0.29) is 22.7 Å². The van der Waals surface area contributed by atoms with Gasteiger partial charge in [0.2, 0.25) is 5.91 Å². The maximum atomic E-state index is 10.6. The molecular formula is C6H11CoNO. The molecule has 0 aromatic carbocycles. The summed E-state index contributed by atoms with van der Waals surface area (Å²) in [5, 5.41) is 2.81. The fourth-order valence-electron chi connectivity index (χ4n) is 0.904. The fourth-order valence-corrected chi connectivity index (χ4v) is 0.904. The van der Waals surface area contributed by atoms with Gasteiger partial charge in [-0.05, 0) is 12.8 Å². The van der Waals surface area contributed by atoms with Crippen molar-refractivity contribution in [1.29, 1.82) is 0 Å². The number of carbonyl (C=O) groups is 1. The van der Waals surface area contributed by atoms with E-state index in [0.29, 0.717) is 0 Å². The normalized spacial score (nSPS) is 19.3. The Morgan fingerprint density at radius 2 is 2.00 bits per heavy atom. The van der Waals surface area contributed by atoms with Crippen LogP contribution in [0.4, 0.5) is 0 Å². The van der Waals surface area contributed by atoms with Crippen molar-refractivity contribution in [2.24, 2.45) is 0 Å². The molecule has 0 aromatic heterocycles. The molecule has 0 spiro atoms. The minimum atomic E-state index is 0. The molecule has 0 saturated carbocycles. The van der Waals surface area contributed by atoms with E-state index < -0.39 is 0 Å². The minimum absolute atomic E-state index is 0. The van der Waals surface area contributed by atoms with Crippen molar-refractivity contribution in [2.45, 2.75) is 25.7 Å². The Bertz CT molecular complexity index is 85.1. The summed E-state index contributed by atoms with van der Waals surface area (Å²) in [5.74, 6) is 0.225. The van der Waals surface area contributed by atoms with Gasteiger partial charge in [0.25, 0.3) is 0 Å². The van der Waals surface area contributed by atoms with Crippen molar-refractivity contribution < 1.29 is 21.6 Å². The second-order valence-corrected chi connectivity index (χ2v) is 2.16. The largest absolute Gasteiger partial charge is 0.356 e. The molecule has 55 valence electrons. The van der Waals surface area contributed by atoms with Gasteiger partial charge in [0.1, 0.15) is 0 Å². The average molecular weight is 172 g/mol. The third-order valence-corrected chi connectivity index (χ3v) is 1.40. The second-order valence-electron chi connectivity index (χ2n) is 2.16. The Balaban J connectivity index is 0.000000640. The standard InChI is InChI=1S/C6H11NO.Co/c8-6-4-2-1-3-5-7-6;/h1-5H2,(H,7,8);. The van der Waals surface area contributed by atoms with Crippen molar-refractivity contribution in [1.82, 2.24) is 5.32 Å². The van der Waals surface area contributed by atoms with Gasteiger partial charge in [-0.3, -0.25) is 4.79 Å². The van der Waals surface area contributed by atoms with Crippen LogP contribution in [0.1, 0.15) is 25.7 Å². The van der Waals surface area contributed by atoms with Crippen LogP contribution < -0.4 is 5.32 Å². The van der Waals surface area contributed by atoms with Crippen LogP contribution in [0.2, 0.25) is 0 Å². The molecule has 1 aliphatic heterocycles. The van der Waals surface area contributed by atoms with Gasteiger partial charge in [-0.15, -0.1) is 0 Å². The van der Waals surface area contributed by atoms with Gasteiger partial charge >= 0.3 is 0 Å². The smallest absolute Gasteiger partial charge is 0.219 e. The quantitative estimate of drug-likeness (QED) is 0.571. The summed E-state index contributed by atoms with van der Waals surface area (Å²) in [6.45, 7) is 0.888. The molecule has 1 radical (unpaired) electrons. The van der Waals surface area contributed by atoms with E-state index in [1.807, 2.05) is 0 Å². The Morgan fingerprint density at radius 3 is 2.78 bits per heavy atom. The number of rotatable bonds is 0. The van der Waals surface area contributed by atoms with E-state index in [9.17, 15) is 4.79 Å². The first-order valence-corrected chi connectivity index (χ1v) is 3.16. The van der Waals surface area contributed by atoms with Crippen LogP contribution in [-0.2, 0) is 21.6 Å². The van der Waals surface area contributed by atoms with Gasteiger partial charge in [0, 0.05) is 29.7 Å². The van der Waals surface area contributed by atoms with E-state index >= 15 is 0 Å². The van der Waals surface area contributed by atoms with Crippen molar-refractivity contribution >= 4 is 5.91 Å². The van der Waals surface area contributed by atoms with Gasteiger partial charge in [0.05, 0.1) is 0 Å². The summed E-state index contributed by atoms with van der Waals surface area (Å²) in [6, 6.07) is 0. The maximum absolute atomic E-state index is 10.6. The topological polar surface area (TPSA) is 29.1 Å². The number of hydrogen-bond donors (Lipinski definition) is 1. The zero-order valence-electron chi connectivity index (χ0n) is 5.28. The SMILES string of the molecule is O=C1CCCCCN1.[Co]. The van der Waals surface area contributed by atoms with Crippen molar-refractivity contribution in [3.63, 3.8) is 0 Å². The zero-order valence-corrected chi connectivity index (χ0v) is 6.32. The summed E-state index contributed by atoms with van der Waals surface area (Å²) in [7, 11) is 0. The van der Waals surface area contributed by atoms with Crippen molar-refractivity contribution in [3.8, 4) is 0 Å². The molecule has 1 heterocycles. The minimum Gasteiger partial charge on any atom is -0.356 e. The van der Waals surface area contributed by atoms with E-state index in [4.69, 9.17) is 0 Å². The second kappa shape index (κ2) is 4.82. The Kier molecular flexibility index (Phi) is 4.81. The number of amides is 1. The molecule has 0 aromatic rings. The van der Waals surface area contributed by atoms with Gasteiger partial charge in [-0.2, -0.15) is 0 Å². The molecule has 9 heavy (non-hydrogen) atoms. The molecule has 1 amide bonds. The summed E-state index contributed by atoms with van der Waals surface area (Å²) >= 11 is 0. The first-order chi connectivity index (χ1) is 3.89. The van der Waals surface area contributed by atoms with Crippen molar-refractivity contribution in [2.75, 3.05) is 6.54 Å². The van der Waals surface area contributed by atoms with E-state index in [1.165, 1.54) is 6.42 Å². The monoisotopic (exact) mass is 172 g/mol. The fraction of sp³-hybridized carbons (Fsp3) is 0.833. The Morgan fingerprint density at radius 1 is 1.22 bits per heavy atom. The van der Waals surface area contributed by atoms with Gasteiger partial charge in [0.15, 0.2) is 0 Å². The molecular weight excluding hydrogens is 161 g/mol. The molecule has 1 rings (SSSR count). The van der Waals surface area contributed by atoms with E-state index in [0.717, 1.165) is 25.8 Å². The van der Waals surface area contributed by atoms with E-state index in [2.05, 4.69) is 5.32 Å². The molecule has 2 nitrogen and oxygen atoms in total. The molecule has 1 saturated heterocycles.